The minimum absolute atomic E-state index is 0.612. The van der Waals surface area contributed by atoms with E-state index in [1.165, 1.54) is 37.2 Å². The quantitative estimate of drug-likeness (QED) is 0.887. The molecule has 1 aromatic heterocycles. The molecule has 1 N–H and O–H groups in total. The zero-order valence-electron chi connectivity index (χ0n) is 11.0. The van der Waals surface area contributed by atoms with Crippen molar-refractivity contribution in [1.29, 1.82) is 5.26 Å². The van der Waals surface area contributed by atoms with Crippen molar-refractivity contribution in [2.75, 3.05) is 19.6 Å². The summed E-state index contributed by atoms with van der Waals surface area (Å²) in [6, 6.07) is 6.73. The highest BCUT2D eigenvalue weighted by Crippen LogP contribution is 2.15. The van der Waals surface area contributed by atoms with E-state index in [1.807, 2.05) is 12.1 Å². The number of hydrogen-bond donors (Lipinski definition) is 1. The van der Waals surface area contributed by atoms with Crippen molar-refractivity contribution in [3.05, 3.63) is 21.9 Å². The number of thiophene rings is 1. The van der Waals surface area contributed by atoms with Crippen LogP contribution in [-0.4, -0.2) is 30.6 Å². The summed E-state index contributed by atoms with van der Waals surface area (Å²) in [4.78, 5) is 4.62. The Hall–Kier alpha value is -0.890. The number of nitrogens with zero attached hydrogens (tertiary/aromatic N) is 2. The molecule has 1 unspecified atom stereocenters. The fourth-order valence-corrected chi connectivity index (χ4v) is 3.20. The van der Waals surface area contributed by atoms with Gasteiger partial charge in [-0.1, -0.05) is 6.42 Å². The van der Waals surface area contributed by atoms with Gasteiger partial charge < -0.3 is 5.32 Å². The van der Waals surface area contributed by atoms with Crippen molar-refractivity contribution < 1.29 is 0 Å². The van der Waals surface area contributed by atoms with Crippen LogP contribution in [0, 0.1) is 11.3 Å². The average Bonchev–Trinajstić information content (AvgIpc) is 2.87. The summed E-state index contributed by atoms with van der Waals surface area (Å²) in [6.45, 7) is 6.71. The largest absolute Gasteiger partial charge is 0.310 e. The zero-order chi connectivity index (χ0) is 12.8. The molecule has 0 spiro atoms. The molecule has 98 valence electrons. The molecule has 0 aliphatic carbocycles. The molecule has 3 nitrogen and oxygen atoms in total. The van der Waals surface area contributed by atoms with E-state index in [4.69, 9.17) is 5.26 Å². The lowest BCUT2D eigenvalue weighted by Crippen LogP contribution is -2.42. The van der Waals surface area contributed by atoms with E-state index >= 15 is 0 Å². The molecule has 18 heavy (non-hydrogen) atoms. The van der Waals surface area contributed by atoms with Crippen molar-refractivity contribution >= 4 is 11.3 Å². The molecular weight excluding hydrogens is 242 g/mol. The highest BCUT2D eigenvalue weighted by Gasteiger charge is 2.15. The Bertz CT molecular complexity index is 401. The number of hydrogen-bond acceptors (Lipinski definition) is 4. The van der Waals surface area contributed by atoms with Crippen LogP contribution < -0.4 is 5.32 Å². The van der Waals surface area contributed by atoms with E-state index in [1.54, 1.807) is 11.3 Å². The first-order chi connectivity index (χ1) is 8.79. The normalized spacial score (nSPS) is 18.4. The molecule has 1 aliphatic rings. The molecule has 2 rings (SSSR count). The van der Waals surface area contributed by atoms with Gasteiger partial charge in [0.25, 0.3) is 0 Å². The Morgan fingerprint density at radius 3 is 2.83 bits per heavy atom. The number of rotatable bonds is 5. The summed E-state index contributed by atoms with van der Waals surface area (Å²) in [6.07, 6.45) is 4.09. The molecule has 1 atom stereocenters. The molecule has 0 bridgehead atoms. The van der Waals surface area contributed by atoms with E-state index in [9.17, 15) is 0 Å². The van der Waals surface area contributed by atoms with Crippen molar-refractivity contribution in [3.63, 3.8) is 0 Å². The van der Waals surface area contributed by atoms with E-state index in [-0.39, 0.29) is 0 Å². The summed E-state index contributed by atoms with van der Waals surface area (Å²) < 4.78 is 0. The number of piperidine rings is 1. The number of likely N-dealkylation sites (tertiary alicyclic amines) is 1. The maximum absolute atomic E-state index is 8.77. The monoisotopic (exact) mass is 263 g/mol. The van der Waals surface area contributed by atoms with Crippen LogP contribution in [0.3, 0.4) is 0 Å². The molecule has 0 radical (unpaired) electrons. The molecule has 1 saturated heterocycles. The molecular formula is C14H21N3S. The minimum Gasteiger partial charge on any atom is -0.310 e. The van der Waals surface area contributed by atoms with Crippen LogP contribution in [-0.2, 0) is 6.54 Å². The fourth-order valence-electron chi connectivity index (χ4n) is 2.43. The second-order valence-corrected chi connectivity index (χ2v) is 6.12. The summed E-state index contributed by atoms with van der Waals surface area (Å²) in [5.74, 6) is 0. The van der Waals surface area contributed by atoms with E-state index < -0.39 is 0 Å². The van der Waals surface area contributed by atoms with E-state index in [0.29, 0.717) is 6.04 Å². The van der Waals surface area contributed by atoms with Crippen LogP contribution in [0.5, 0.6) is 0 Å². The second-order valence-electron chi connectivity index (χ2n) is 4.95. The van der Waals surface area contributed by atoms with Gasteiger partial charge in [0.05, 0.1) is 0 Å². The second kappa shape index (κ2) is 6.89. The van der Waals surface area contributed by atoms with Gasteiger partial charge >= 0.3 is 0 Å². The molecule has 1 aromatic rings. The summed E-state index contributed by atoms with van der Waals surface area (Å²) in [7, 11) is 0. The molecule has 2 heterocycles. The Balaban J connectivity index is 1.69. The standard InChI is InChI=1S/C14H21N3S/c1-12(17-7-3-2-4-8-17)10-16-11-14-6-5-13(9-15)18-14/h5-6,12,16H,2-4,7-8,10-11H2,1H3. The van der Waals surface area contributed by atoms with Crippen LogP contribution in [0.2, 0.25) is 0 Å². The maximum atomic E-state index is 8.77. The third kappa shape index (κ3) is 3.81. The van der Waals surface area contributed by atoms with Crippen LogP contribution >= 0.6 is 11.3 Å². The summed E-state index contributed by atoms with van der Waals surface area (Å²) in [5.41, 5.74) is 0. The third-order valence-corrected chi connectivity index (χ3v) is 4.51. The Morgan fingerprint density at radius 1 is 1.39 bits per heavy atom. The van der Waals surface area contributed by atoms with Crippen molar-refractivity contribution in [1.82, 2.24) is 10.2 Å². The molecule has 1 aliphatic heterocycles. The van der Waals surface area contributed by atoms with E-state index in [0.717, 1.165) is 18.0 Å². The molecule has 4 heteroatoms. The first-order valence-electron chi connectivity index (χ1n) is 6.73. The Kier molecular flexibility index (Phi) is 5.18. The fraction of sp³-hybridized carbons (Fsp3) is 0.643. The summed E-state index contributed by atoms with van der Waals surface area (Å²) >= 11 is 1.58. The molecule has 0 amide bonds. The molecule has 1 fully saturated rings. The van der Waals surface area contributed by atoms with Crippen LogP contribution in [0.25, 0.3) is 0 Å². The lowest BCUT2D eigenvalue weighted by Gasteiger charge is -2.32. The Labute approximate surface area is 113 Å². The molecule has 0 aromatic carbocycles. The van der Waals surface area contributed by atoms with Crippen molar-refractivity contribution in [3.8, 4) is 6.07 Å². The van der Waals surface area contributed by atoms with Gasteiger partial charge in [-0.15, -0.1) is 11.3 Å². The van der Waals surface area contributed by atoms with Gasteiger partial charge in [0, 0.05) is 24.0 Å². The van der Waals surface area contributed by atoms with Gasteiger partial charge in [-0.3, -0.25) is 4.90 Å². The minimum atomic E-state index is 0.612. The zero-order valence-corrected chi connectivity index (χ0v) is 11.8. The van der Waals surface area contributed by atoms with Crippen LogP contribution in [0.1, 0.15) is 35.9 Å². The Morgan fingerprint density at radius 2 is 2.17 bits per heavy atom. The predicted octanol–water partition coefficient (Wildman–Crippen LogP) is 2.58. The van der Waals surface area contributed by atoms with Gasteiger partial charge in [-0.05, 0) is 45.0 Å². The van der Waals surface area contributed by atoms with Gasteiger partial charge in [0.1, 0.15) is 10.9 Å². The highest BCUT2D eigenvalue weighted by molar-refractivity contribution is 7.12. The lowest BCUT2D eigenvalue weighted by molar-refractivity contribution is 0.171. The first kappa shape index (κ1) is 13.5. The van der Waals surface area contributed by atoms with Gasteiger partial charge in [-0.25, -0.2) is 0 Å². The maximum Gasteiger partial charge on any atom is 0.110 e. The van der Waals surface area contributed by atoms with Crippen LogP contribution in [0.15, 0.2) is 12.1 Å². The SMILES string of the molecule is CC(CNCc1ccc(C#N)s1)N1CCCCC1. The highest BCUT2D eigenvalue weighted by atomic mass is 32.1. The van der Waals surface area contributed by atoms with Gasteiger partial charge in [0.15, 0.2) is 0 Å². The number of nitriles is 1. The van der Waals surface area contributed by atoms with Crippen molar-refractivity contribution in [2.45, 2.75) is 38.8 Å². The topological polar surface area (TPSA) is 39.1 Å². The smallest absolute Gasteiger partial charge is 0.110 e. The number of nitrogens with one attached hydrogen (secondary N) is 1. The summed E-state index contributed by atoms with van der Waals surface area (Å²) in [5, 5.41) is 12.3. The average molecular weight is 263 g/mol. The van der Waals surface area contributed by atoms with E-state index in [2.05, 4.69) is 23.2 Å². The van der Waals surface area contributed by atoms with Gasteiger partial charge in [-0.2, -0.15) is 5.26 Å². The lowest BCUT2D eigenvalue weighted by atomic mass is 10.1. The van der Waals surface area contributed by atoms with Crippen LogP contribution in [0.4, 0.5) is 0 Å². The van der Waals surface area contributed by atoms with Crippen molar-refractivity contribution in [2.24, 2.45) is 0 Å². The predicted molar refractivity (Wildman–Crippen MR) is 75.6 cm³/mol. The third-order valence-electron chi connectivity index (χ3n) is 3.52. The first-order valence-corrected chi connectivity index (χ1v) is 7.55. The molecule has 0 saturated carbocycles. The van der Waals surface area contributed by atoms with Gasteiger partial charge in [0.2, 0.25) is 0 Å².